The molecule has 32 heavy (non-hydrogen) atoms. The number of halogens is 1. The van der Waals surface area contributed by atoms with E-state index in [1.807, 2.05) is 60.5 Å². The van der Waals surface area contributed by atoms with Gasteiger partial charge in [0.05, 0.1) is 11.3 Å². The van der Waals surface area contributed by atoms with Crippen molar-refractivity contribution < 1.29 is 17.6 Å². The van der Waals surface area contributed by atoms with Gasteiger partial charge in [-0.05, 0) is 36.4 Å². The molecule has 0 N–H and O–H groups in total. The summed E-state index contributed by atoms with van der Waals surface area (Å²) in [7, 11) is -2.05. The van der Waals surface area contributed by atoms with Crippen LogP contribution < -0.4 is 4.90 Å². The number of benzene rings is 3. The van der Waals surface area contributed by atoms with Crippen LogP contribution in [0.3, 0.4) is 0 Å². The van der Waals surface area contributed by atoms with Crippen molar-refractivity contribution in [3.05, 3.63) is 90.2 Å². The van der Waals surface area contributed by atoms with Crippen LogP contribution >= 0.6 is 0 Å². The predicted octanol–water partition coefficient (Wildman–Crippen LogP) is 3.74. The van der Waals surface area contributed by atoms with Crippen LogP contribution in [0.15, 0.2) is 83.8 Å². The molecule has 3 aromatic rings. The van der Waals surface area contributed by atoms with E-state index in [2.05, 4.69) is 0 Å². The first-order valence-corrected chi connectivity index (χ1v) is 11.8. The van der Waals surface area contributed by atoms with Crippen molar-refractivity contribution >= 4 is 27.3 Å². The Morgan fingerprint density at radius 1 is 0.844 bits per heavy atom. The van der Waals surface area contributed by atoms with Gasteiger partial charge in [-0.3, -0.25) is 4.79 Å². The number of carbonyl (C=O) groups is 1. The highest BCUT2D eigenvalue weighted by Crippen LogP contribution is 2.28. The van der Waals surface area contributed by atoms with E-state index in [-0.39, 0.29) is 37.0 Å². The fourth-order valence-corrected chi connectivity index (χ4v) is 5.32. The van der Waals surface area contributed by atoms with E-state index in [1.165, 1.54) is 22.5 Å². The molecule has 1 amide bonds. The van der Waals surface area contributed by atoms with Crippen molar-refractivity contribution in [2.45, 2.75) is 4.90 Å². The van der Waals surface area contributed by atoms with Crippen LogP contribution in [0.25, 0.3) is 0 Å². The standard InChI is InChI=1S/C24H24FN3O3S/c1-26(19-9-3-2-4-10-19)22-13-7-5-11-20(22)24(29)27-15-17-28(18-16-27)32(30,31)23-14-8-6-12-21(23)25/h2-14H,15-18H2,1H3. The second-order valence-electron chi connectivity index (χ2n) is 7.54. The zero-order chi connectivity index (χ0) is 22.7. The third-order valence-electron chi connectivity index (χ3n) is 5.62. The average Bonchev–Trinajstić information content (AvgIpc) is 2.84. The van der Waals surface area contributed by atoms with Crippen LogP contribution in [-0.4, -0.2) is 56.8 Å². The average molecular weight is 454 g/mol. The van der Waals surface area contributed by atoms with E-state index in [4.69, 9.17) is 0 Å². The Balaban J connectivity index is 1.51. The largest absolute Gasteiger partial charge is 0.344 e. The molecule has 0 radical (unpaired) electrons. The minimum absolute atomic E-state index is 0.110. The summed E-state index contributed by atoms with van der Waals surface area (Å²) >= 11 is 0. The number of amides is 1. The van der Waals surface area contributed by atoms with Crippen LogP contribution in [0.5, 0.6) is 0 Å². The van der Waals surface area contributed by atoms with Crippen molar-refractivity contribution in [1.82, 2.24) is 9.21 Å². The van der Waals surface area contributed by atoms with E-state index < -0.39 is 15.8 Å². The van der Waals surface area contributed by atoms with E-state index in [9.17, 15) is 17.6 Å². The first kappa shape index (κ1) is 22.0. The number of nitrogens with zero attached hydrogens (tertiary/aromatic N) is 3. The van der Waals surface area contributed by atoms with Crippen molar-refractivity contribution in [1.29, 1.82) is 0 Å². The Hall–Kier alpha value is -3.23. The summed E-state index contributed by atoms with van der Waals surface area (Å²) in [5, 5.41) is 0. The van der Waals surface area contributed by atoms with Crippen molar-refractivity contribution in [2.24, 2.45) is 0 Å². The lowest BCUT2D eigenvalue weighted by atomic mass is 10.1. The maximum Gasteiger partial charge on any atom is 0.256 e. The molecule has 0 spiro atoms. The molecule has 3 aromatic carbocycles. The molecule has 166 valence electrons. The molecule has 1 saturated heterocycles. The van der Waals surface area contributed by atoms with Gasteiger partial charge in [0.15, 0.2) is 0 Å². The molecule has 0 atom stereocenters. The molecule has 1 aliphatic rings. The molecule has 0 bridgehead atoms. The van der Waals surface area contributed by atoms with E-state index in [0.29, 0.717) is 5.56 Å². The zero-order valence-electron chi connectivity index (χ0n) is 17.7. The van der Waals surface area contributed by atoms with Gasteiger partial charge in [0.25, 0.3) is 5.91 Å². The van der Waals surface area contributed by atoms with Gasteiger partial charge in [-0.15, -0.1) is 0 Å². The zero-order valence-corrected chi connectivity index (χ0v) is 18.5. The lowest BCUT2D eigenvalue weighted by Gasteiger charge is -2.34. The molecule has 1 fully saturated rings. The minimum Gasteiger partial charge on any atom is -0.344 e. The fraction of sp³-hybridized carbons (Fsp3) is 0.208. The number of anilines is 2. The molecule has 6 nitrogen and oxygen atoms in total. The second kappa shape index (κ2) is 9.10. The van der Waals surface area contributed by atoms with Crippen LogP contribution in [0, 0.1) is 5.82 Å². The molecule has 1 aliphatic heterocycles. The Morgan fingerprint density at radius 2 is 1.44 bits per heavy atom. The highest BCUT2D eigenvalue weighted by atomic mass is 32.2. The fourth-order valence-electron chi connectivity index (χ4n) is 3.83. The van der Waals surface area contributed by atoms with Crippen LogP contribution in [-0.2, 0) is 10.0 Å². The van der Waals surface area contributed by atoms with Gasteiger partial charge in [0.2, 0.25) is 10.0 Å². The summed E-state index contributed by atoms with van der Waals surface area (Å²) in [4.78, 5) is 16.6. The third-order valence-corrected chi connectivity index (χ3v) is 7.55. The quantitative estimate of drug-likeness (QED) is 0.591. The Bertz CT molecular complexity index is 1210. The lowest BCUT2D eigenvalue weighted by molar-refractivity contribution is 0.0698. The van der Waals surface area contributed by atoms with Gasteiger partial charge in [-0.2, -0.15) is 4.31 Å². The highest BCUT2D eigenvalue weighted by molar-refractivity contribution is 7.89. The number of para-hydroxylation sites is 2. The van der Waals surface area contributed by atoms with E-state index in [1.54, 1.807) is 11.0 Å². The molecule has 8 heteroatoms. The van der Waals surface area contributed by atoms with E-state index in [0.717, 1.165) is 17.4 Å². The number of hydrogen-bond donors (Lipinski definition) is 0. The molecule has 0 saturated carbocycles. The van der Waals surface area contributed by atoms with Crippen LogP contribution in [0.2, 0.25) is 0 Å². The maximum absolute atomic E-state index is 14.1. The summed E-state index contributed by atoms with van der Waals surface area (Å²) in [6.45, 7) is 0.685. The summed E-state index contributed by atoms with van der Waals surface area (Å²) in [5.41, 5.74) is 2.27. The Labute approximate surface area is 187 Å². The molecular weight excluding hydrogens is 429 g/mol. The van der Waals surface area contributed by atoms with Gasteiger partial charge < -0.3 is 9.80 Å². The molecule has 4 rings (SSSR count). The Morgan fingerprint density at radius 3 is 2.12 bits per heavy atom. The first-order valence-electron chi connectivity index (χ1n) is 10.3. The summed E-state index contributed by atoms with van der Waals surface area (Å²) in [6, 6.07) is 22.4. The second-order valence-corrected chi connectivity index (χ2v) is 9.44. The predicted molar refractivity (Wildman–Crippen MR) is 122 cm³/mol. The summed E-state index contributed by atoms with van der Waals surface area (Å²) in [6.07, 6.45) is 0. The molecule has 1 heterocycles. The maximum atomic E-state index is 14.1. The van der Waals surface area contributed by atoms with Gasteiger partial charge in [0.1, 0.15) is 10.7 Å². The lowest BCUT2D eigenvalue weighted by Crippen LogP contribution is -2.50. The van der Waals surface area contributed by atoms with Gasteiger partial charge >= 0.3 is 0 Å². The summed E-state index contributed by atoms with van der Waals surface area (Å²) < 4.78 is 40.9. The number of sulfonamides is 1. The third kappa shape index (κ3) is 4.24. The Kier molecular flexibility index (Phi) is 6.25. The molecule has 0 unspecified atom stereocenters. The normalized spacial score (nSPS) is 14.9. The van der Waals surface area contributed by atoms with Crippen molar-refractivity contribution in [3.8, 4) is 0 Å². The monoisotopic (exact) mass is 453 g/mol. The number of rotatable bonds is 5. The minimum atomic E-state index is -3.95. The van der Waals surface area contributed by atoms with E-state index >= 15 is 0 Å². The van der Waals surface area contributed by atoms with Crippen molar-refractivity contribution in [2.75, 3.05) is 38.1 Å². The topological polar surface area (TPSA) is 60.9 Å². The van der Waals surface area contributed by atoms with Crippen LogP contribution in [0.1, 0.15) is 10.4 Å². The first-order chi connectivity index (χ1) is 15.4. The molecular formula is C24H24FN3O3S. The van der Waals surface area contributed by atoms with Crippen LogP contribution in [0.4, 0.5) is 15.8 Å². The van der Waals surface area contributed by atoms with Gasteiger partial charge in [-0.25, -0.2) is 12.8 Å². The van der Waals surface area contributed by atoms with Gasteiger partial charge in [0, 0.05) is 38.9 Å². The summed E-state index contributed by atoms with van der Waals surface area (Å²) in [5.74, 6) is -0.935. The van der Waals surface area contributed by atoms with Gasteiger partial charge in [-0.1, -0.05) is 42.5 Å². The SMILES string of the molecule is CN(c1ccccc1)c1ccccc1C(=O)N1CCN(S(=O)(=O)c2ccccc2F)CC1. The molecule has 0 aliphatic carbocycles. The smallest absolute Gasteiger partial charge is 0.256 e. The number of piperazine rings is 1. The number of carbonyl (C=O) groups excluding carboxylic acids is 1. The number of hydrogen-bond acceptors (Lipinski definition) is 4. The molecule has 0 aromatic heterocycles. The highest BCUT2D eigenvalue weighted by Gasteiger charge is 2.32. The van der Waals surface area contributed by atoms with Crippen molar-refractivity contribution in [3.63, 3.8) is 0 Å².